The van der Waals surface area contributed by atoms with Crippen LogP contribution in [0.1, 0.15) is 12.5 Å². The molecule has 0 unspecified atom stereocenters. The maximum atomic E-state index is 13.4. The van der Waals surface area contributed by atoms with Crippen molar-refractivity contribution >= 4 is 5.82 Å². The van der Waals surface area contributed by atoms with Gasteiger partial charge in [-0.3, -0.25) is 0 Å². The number of nitrogens with one attached hydrogen (secondary N) is 1. The molecule has 0 radical (unpaired) electrons. The largest absolute Gasteiger partial charge is 0.478 e. The summed E-state index contributed by atoms with van der Waals surface area (Å²) in [6.07, 6.45) is 0. The third-order valence-corrected chi connectivity index (χ3v) is 2.48. The van der Waals surface area contributed by atoms with Crippen molar-refractivity contribution in [2.75, 3.05) is 11.9 Å². The van der Waals surface area contributed by atoms with Crippen molar-refractivity contribution < 1.29 is 13.5 Å². The fraction of sp³-hybridized carbons (Fsp3) is 0.214. The highest BCUT2D eigenvalue weighted by molar-refractivity contribution is 5.38. The average molecular weight is 264 g/mol. The molecule has 1 N–H and O–H groups in total. The molecule has 5 heteroatoms. The van der Waals surface area contributed by atoms with E-state index >= 15 is 0 Å². The van der Waals surface area contributed by atoms with Crippen molar-refractivity contribution in [3.8, 4) is 5.88 Å². The lowest BCUT2D eigenvalue weighted by atomic mass is 10.2. The molecule has 0 saturated carbocycles. The molecule has 2 aromatic rings. The van der Waals surface area contributed by atoms with Gasteiger partial charge in [-0.25, -0.2) is 8.78 Å². The Morgan fingerprint density at radius 1 is 1.21 bits per heavy atom. The van der Waals surface area contributed by atoms with Crippen LogP contribution >= 0.6 is 0 Å². The lowest BCUT2D eigenvalue weighted by Crippen LogP contribution is -2.04. The first-order chi connectivity index (χ1) is 9.19. The molecule has 0 fully saturated rings. The van der Waals surface area contributed by atoms with Crippen LogP contribution in [-0.4, -0.2) is 11.6 Å². The van der Waals surface area contributed by atoms with Crippen LogP contribution in [0.2, 0.25) is 0 Å². The number of benzene rings is 1. The molecule has 0 aliphatic carbocycles. The van der Waals surface area contributed by atoms with Gasteiger partial charge in [0.2, 0.25) is 5.88 Å². The first-order valence-electron chi connectivity index (χ1n) is 5.96. The Hall–Kier alpha value is -2.17. The summed E-state index contributed by atoms with van der Waals surface area (Å²) in [5.74, 6) is 0.130. The van der Waals surface area contributed by atoms with E-state index < -0.39 is 11.6 Å². The second-order valence-corrected chi connectivity index (χ2v) is 3.88. The van der Waals surface area contributed by atoms with Gasteiger partial charge in [-0.05, 0) is 31.2 Å². The van der Waals surface area contributed by atoms with Gasteiger partial charge in [0, 0.05) is 18.2 Å². The predicted octanol–water partition coefficient (Wildman–Crippen LogP) is 3.37. The molecule has 2 rings (SSSR count). The zero-order valence-electron chi connectivity index (χ0n) is 10.5. The van der Waals surface area contributed by atoms with Gasteiger partial charge in [0.1, 0.15) is 17.5 Å². The van der Waals surface area contributed by atoms with Gasteiger partial charge in [-0.1, -0.05) is 6.07 Å². The molecular weight excluding hydrogens is 250 g/mol. The minimum Gasteiger partial charge on any atom is -0.478 e. The molecule has 0 aliphatic heterocycles. The second-order valence-electron chi connectivity index (χ2n) is 3.88. The summed E-state index contributed by atoms with van der Waals surface area (Å²) >= 11 is 0. The van der Waals surface area contributed by atoms with Gasteiger partial charge in [-0.2, -0.15) is 4.98 Å². The molecule has 19 heavy (non-hydrogen) atoms. The highest BCUT2D eigenvalue weighted by atomic mass is 19.1. The highest BCUT2D eigenvalue weighted by Crippen LogP contribution is 2.14. The fourth-order valence-electron chi connectivity index (χ4n) is 1.61. The van der Waals surface area contributed by atoms with Crippen molar-refractivity contribution in [1.82, 2.24) is 4.98 Å². The first kappa shape index (κ1) is 13.3. The maximum absolute atomic E-state index is 13.4. The Bertz CT molecular complexity index is 561. The van der Waals surface area contributed by atoms with Crippen molar-refractivity contribution in [1.29, 1.82) is 0 Å². The summed E-state index contributed by atoms with van der Waals surface area (Å²) < 4.78 is 31.7. The Morgan fingerprint density at radius 2 is 2.05 bits per heavy atom. The third kappa shape index (κ3) is 3.64. The number of hydrogen-bond donors (Lipinski definition) is 1. The number of nitrogens with zero attached hydrogens (tertiary/aromatic N) is 1. The van der Waals surface area contributed by atoms with E-state index in [0.29, 0.717) is 18.3 Å². The number of pyridine rings is 1. The quantitative estimate of drug-likeness (QED) is 0.899. The Kier molecular flexibility index (Phi) is 4.28. The van der Waals surface area contributed by atoms with Gasteiger partial charge < -0.3 is 10.1 Å². The molecule has 1 aromatic carbocycles. The second kappa shape index (κ2) is 6.13. The Labute approximate surface area is 110 Å². The Balaban J connectivity index is 2.05. The SMILES string of the molecule is CCOc1cccc(NCc2cc(F)ccc2F)n1. The van der Waals surface area contributed by atoms with E-state index in [4.69, 9.17) is 4.74 Å². The summed E-state index contributed by atoms with van der Waals surface area (Å²) in [7, 11) is 0. The van der Waals surface area contributed by atoms with Crippen LogP contribution in [0.3, 0.4) is 0 Å². The minimum atomic E-state index is -0.464. The van der Waals surface area contributed by atoms with Crippen molar-refractivity contribution in [3.05, 3.63) is 53.6 Å². The smallest absolute Gasteiger partial charge is 0.215 e. The maximum Gasteiger partial charge on any atom is 0.215 e. The standard InChI is InChI=1S/C14H14F2N2O/c1-2-19-14-5-3-4-13(18-14)17-9-10-8-11(15)6-7-12(10)16/h3-8H,2,9H2,1H3,(H,17,18). The molecule has 0 bridgehead atoms. The predicted molar refractivity (Wildman–Crippen MR) is 69.1 cm³/mol. The molecule has 0 amide bonds. The lowest BCUT2D eigenvalue weighted by molar-refractivity contribution is 0.327. The van der Waals surface area contributed by atoms with Gasteiger partial charge in [-0.15, -0.1) is 0 Å². The molecule has 100 valence electrons. The van der Waals surface area contributed by atoms with Crippen LogP contribution in [0, 0.1) is 11.6 Å². The molecule has 1 aromatic heterocycles. The Morgan fingerprint density at radius 3 is 2.84 bits per heavy atom. The summed E-state index contributed by atoms with van der Waals surface area (Å²) in [6, 6.07) is 8.61. The van der Waals surface area contributed by atoms with Crippen LogP contribution in [0.4, 0.5) is 14.6 Å². The fourth-order valence-corrected chi connectivity index (χ4v) is 1.61. The van der Waals surface area contributed by atoms with Crippen LogP contribution in [0.25, 0.3) is 0 Å². The highest BCUT2D eigenvalue weighted by Gasteiger charge is 2.04. The monoisotopic (exact) mass is 264 g/mol. The molecule has 1 heterocycles. The number of halogens is 2. The number of hydrogen-bond acceptors (Lipinski definition) is 3. The van der Waals surface area contributed by atoms with Crippen LogP contribution < -0.4 is 10.1 Å². The van der Waals surface area contributed by atoms with E-state index in [-0.39, 0.29) is 12.1 Å². The molecule has 0 spiro atoms. The number of anilines is 1. The topological polar surface area (TPSA) is 34.1 Å². The summed E-state index contributed by atoms with van der Waals surface area (Å²) in [4.78, 5) is 4.18. The van der Waals surface area contributed by atoms with Crippen LogP contribution in [0.5, 0.6) is 5.88 Å². The van der Waals surface area contributed by atoms with Gasteiger partial charge in [0.15, 0.2) is 0 Å². The molecule has 0 saturated heterocycles. The normalized spacial score (nSPS) is 10.3. The van der Waals surface area contributed by atoms with E-state index in [1.807, 2.05) is 6.92 Å². The van der Waals surface area contributed by atoms with E-state index in [0.717, 1.165) is 18.2 Å². The van der Waals surface area contributed by atoms with Crippen LogP contribution in [-0.2, 0) is 6.54 Å². The van der Waals surface area contributed by atoms with Crippen molar-refractivity contribution in [2.45, 2.75) is 13.5 Å². The van der Waals surface area contributed by atoms with Gasteiger partial charge in [0.25, 0.3) is 0 Å². The van der Waals surface area contributed by atoms with E-state index in [1.54, 1.807) is 18.2 Å². The zero-order valence-corrected chi connectivity index (χ0v) is 10.5. The average Bonchev–Trinajstić information content (AvgIpc) is 2.41. The zero-order chi connectivity index (χ0) is 13.7. The molecule has 0 atom stereocenters. The molecular formula is C14H14F2N2O. The van der Waals surface area contributed by atoms with Crippen molar-refractivity contribution in [3.63, 3.8) is 0 Å². The van der Waals surface area contributed by atoms with E-state index in [1.165, 1.54) is 0 Å². The minimum absolute atomic E-state index is 0.159. The number of aromatic nitrogens is 1. The number of ether oxygens (including phenoxy) is 1. The van der Waals surface area contributed by atoms with E-state index in [9.17, 15) is 8.78 Å². The summed E-state index contributed by atoms with van der Waals surface area (Å²) in [6.45, 7) is 2.55. The van der Waals surface area contributed by atoms with Crippen LogP contribution in [0.15, 0.2) is 36.4 Å². The van der Waals surface area contributed by atoms with Gasteiger partial charge >= 0.3 is 0 Å². The molecule has 0 aliphatic rings. The molecule has 3 nitrogen and oxygen atoms in total. The van der Waals surface area contributed by atoms with E-state index in [2.05, 4.69) is 10.3 Å². The lowest BCUT2D eigenvalue weighted by Gasteiger charge is -2.08. The first-order valence-corrected chi connectivity index (χ1v) is 5.96. The summed E-state index contributed by atoms with van der Waals surface area (Å²) in [5.41, 5.74) is 0.253. The van der Waals surface area contributed by atoms with Crippen molar-refractivity contribution in [2.24, 2.45) is 0 Å². The number of rotatable bonds is 5. The third-order valence-electron chi connectivity index (χ3n) is 2.48. The summed E-state index contributed by atoms with van der Waals surface area (Å²) in [5, 5.41) is 2.93. The van der Waals surface area contributed by atoms with Gasteiger partial charge in [0.05, 0.1) is 6.61 Å².